The van der Waals surface area contributed by atoms with Crippen molar-refractivity contribution < 1.29 is 8.42 Å². The van der Waals surface area contributed by atoms with Crippen molar-refractivity contribution in [3.63, 3.8) is 0 Å². The van der Waals surface area contributed by atoms with Gasteiger partial charge in [-0.25, -0.2) is 8.42 Å². The molecule has 3 rings (SSSR count). The highest BCUT2D eigenvalue weighted by atomic mass is 32.2. The number of sulfone groups is 1. The Balaban J connectivity index is 2.04. The van der Waals surface area contributed by atoms with E-state index < -0.39 is 20.5 Å². The Kier molecular flexibility index (Phi) is 4.28. The molecule has 0 aromatic heterocycles. The number of aryl methyl sites for hydroxylation is 2. The van der Waals surface area contributed by atoms with Crippen LogP contribution in [0.1, 0.15) is 22.6 Å². The number of rotatable bonds is 5. The van der Waals surface area contributed by atoms with Crippen molar-refractivity contribution in [1.29, 1.82) is 0 Å². The molecule has 1 aliphatic carbocycles. The second-order valence-corrected chi connectivity index (χ2v) is 8.88. The van der Waals surface area contributed by atoms with Crippen LogP contribution in [0, 0.1) is 19.3 Å². The van der Waals surface area contributed by atoms with Crippen molar-refractivity contribution in [3.8, 4) is 0 Å². The molecule has 0 unspecified atom stereocenters. The highest BCUT2D eigenvalue weighted by Crippen LogP contribution is 2.62. The largest absolute Gasteiger partial charge is 0.330 e. The summed E-state index contributed by atoms with van der Waals surface area (Å²) in [6.07, 6.45) is 0. The van der Waals surface area contributed by atoms with Gasteiger partial charge < -0.3 is 11.5 Å². The average Bonchev–Trinajstić information content (AvgIpc) is 3.26. The Morgan fingerprint density at radius 1 is 0.875 bits per heavy atom. The van der Waals surface area contributed by atoms with Crippen LogP contribution in [0.3, 0.4) is 0 Å². The van der Waals surface area contributed by atoms with Gasteiger partial charge in [-0.15, -0.1) is 0 Å². The number of hydrogen-bond donors (Lipinski definition) is 2. The molecule has 0 saturated heterocycles. The molecule has 128 valence electrons. The summed E-state index contributed by atoms with van der Waals surface area (Å²) in [7, 11) is -3.48. The van der Waals surface area contributed by atoms with Crippen molar-refractivity contribution >= 4 is 9.84 Å². The number of benzene rings is 2. The molecule has 0 amide bonds. The molecule has 0 radical (unpaired) electrons. The van der Waals surface area contributed by atoms with Gasteiger partial charge in [-0.05, 0) is 31.5 Å². The van der Waals surface area contributed by atoms with E-state index in [1.165, 1.54) is 0 Å². The van der Waals surface area contributed by atoms with Crippen LogP contribution in [0.15, 0.2) is 53.4 Å². The lowest BCUT2D eigenvalue weighted by molar-refractivity contribution is 0.510. The summed E-state index contributed by atoms with van der Waals surface area (Å²) in [6, 6.07) is 15.0. The summed E-state index contributed by atoms with van der Waals surface area (Å²) < 4.78 is 26.4. The first-order valence-corrected chi connectivity index (χ1v) is 9.69. The first-order chi connectivity index (χ1) is 11.4. The molecular formula is C19H24N2O2S. The van der Waals surface area contributed by atoms with Crippen LogP contribution >= 0.6 is 0 Å². The summed E-state index contributed by atoms with van der Waals surface area (Å²) >= 11 is 0. The molecule has 2 aromatic rings. The second kappa shape index (κ2) is 5.99. The predicted molar refractivity (Wildman–Crippen MR) is 96.6 cm³/mol. The number of hydrogen-bond acceptors (Lipinski definition) is 4. The first-order valence-electron chi connectivity index (χ1n) is 8.14. The lowest BCUT2D eigenvalue weighted by Gasteiger charge is -2.13. The molecule has 4 nitrogen and oxygen atoms in total. The topological polar surface area (TPSA) is 86.2 Å². The van der Waals surface area contributed by atoms with E-state index in [0.717, 1.165) is 16.7 Å². The Bertz CT molecular complexity index is 823. The van der Waals surface area contributed by atoms with Gasteiger partial charge in [-0.2, -0.15) is 0 Å². The summed E-state index contributed by atoms with van der Waals surface area (Å²) in [6.45, 7) is 4.47. The van der Waals surface area contributed by atoms with Crippen molar-refractivity contribution in [3.05, 3.63) is 65.2 Å². The van der Waals surface area contributed by atoms with Crippen molar-refractivity contribution in [1.82, 2.24) is 0 Å². The Labute approximate surface area is 143 Å². The normalized spacial score (nSPS) is 22.3. The van der Waals surface area contributed by atoms with Gasteiger partial charge in [0.25, 0.3) is 0 Å². The molecule has 0 aliphatic heterocycles. The van der Waals surface area contributed by atoms with Crippen molar-refractivity contribution in [2.24, 2.45) is 16.9 Å². The molecule has 5 heteroatoms. The summed E-state index contributed by atoms with van der Waals surface area (Å²) in [5.74, 6) is -0.153. The lowest BCUT2D eigenvalue weighted by atomic mass is 9.99. The quantitative estimate of drug-likeness (QED) is 0.870. The predicted octanol–water partition coefficient (Wildman–Crippen LogP) is 2.15. The third-order valence-electron chi connectivity index (χ3n) is 5.26. The minimum Gasteiger partial charge on any atom is -0.330 e. The Hall–Kier alpha value is -1.69. The van der Waals surface area contributed by atoms with Crippen LogP contribution in [-0.2, 0) is 9.84 Å². The van der Waals surface area contributed by atoms with Gasteiger partial charge in [0.15, 0.2) is 9.84 Å². The summed E-state index contributed by atoms with van der Waals surface area (Å²) in [4.78, 5) is 0.346. The third-order valence-corrected chi connectivity index (χ3v) is 7.60. The minimum atomic E-state index is -3.48. The van der Waals surface area contributed by atoms with Gasteiger partial charge in [0, 0.05) is 24.4 Å². The van der Waals surface area contributed by atoms with E-state index in [0.29, 0.717) is 4.90 Å². The van der Waals surface area contributed by atoms with Crippen molar-refractivity contribution in [2.45, 2.75) is 29.9 Å². The fraction of sp³-hybridized carbons (Fsp3) is 0.368. The highest BCUT2D eigenvalue weighted by molar-refractivity contribution is 7.92. The molecule has 24 heavy (non-hydrogen) atoms. The highest BCUT2D eigenvalue weighted by Gasteiger charge is 2.69. The van der Waals surface area contributed by atoms with E-state index in [-0.39, 0.29) is 19.0 Å². The fourth-order valence-electron chi connectivity index (χ4n) is 3.67. The molecule has 2 aromatic carbocycles. The minimum absolute atomic E-state index is 0.153. The molecule has 0 spiro atoms. The van der Waals surface area contributed by atoms with Crippen molar-refractivity contribution in [2.75, 3.05) is 13.1 Å². The van der Waals surface area contributed by atoms with E-state index in [1.54, 1.807) is 12.1 Å². The van der Waals surface area contributed by atoms with Crippen LogP contribution in [-0.4, -0.2) is 26.8 Å². The van der Waals surface area contributed by atoms with E-state index in [4.69, 9.17) is 11.5 Å². The monoisotopic (exact) mass is 344 g/mol. The van der Waals surface area contributed by atoms with Crippen LogP contribution in [0.4, 0.5) is 0 Å². The SMILES string of the molecule is Cc1ccc([C@H]2[C@H](S(=O)(=O)c3ccc(C)cc3)C2(CN)CN)cc1. The van der Waals surface area contributed by atoms with Crippen LogP contribution in [0.5, 0.6) is 0 Å². The molecule has 2 atom stereocenters. The molecule has 1 aliphatic rings. The van der Waals surface area contributed by atoms with E-state index >= 15 is 0 Å². The molecule has 0 heterocycles. The Morgan fingerprint density at radius 3 is 1.79 bits per heavy atom. The molecular weight excluding hydrogens is 320 g/mol. The zero-order valence-electron chi connectivity index (χ0n) is 14.1. The summed E-state index contributed by atoms with van der Waals surface area (Å²) in [5.41, 5.74) is 14.5. The van der Waals surface area contributed by atoms with Crippen LogP contribution < -0.4 is 11.5 Å². The summed E-state index contributed by atoms with van der Waals surface area (Å²) in [5, 5.41) is -0.564. The standard InChI is InChI=1S/C19H24N2O2S/c1-13-3-7-15(8-4-13)17-18(19(17,11-20)12-21)24(22,23)16-9-5-14(2)6-10-16/h3-10,17-18H,11-12,20-21H2,1-2H3/t17-,18-/m0/s1. The van der Waals surface area contributed by atoms with E-state index in [9.17, 15) is 8.42 Å². The molecule has 4 N–H and O–H groups in total. The van der Waals surface area contributed by atoms with E-state index in [2.05, 4.69) is 0 Å². The molecule has 1 fully saturated rings. The van der Waals surface area contributed by atoms with Gasteiger partial charge in [0.1, 0.15) is 0 Å². The van der Waals surface area contributed by atoms with Gasteiger partial charge >= 0.3 is 0 Å². The zero-order valence-corrected chi connectivity index (χ0v) is 14.9. The maximum Gasteiger partial charge on any atom is 0.182 e. The fourth-order valence-corrected chi connectivity index (χ4v) is 6.14. The first kappa shape index (κ1) is 17.1. The second-order valence-electron chi connectivity index (χ2n) is 6.81. The maximum atomic E-state index is 13.2. The Morgan fingerprint density at radius 2 is 1.33 bits per heavy atom. The zero-order chi connectivity index (χ0) is 17.5. The lowest BCUT2D eigenvalue weighted by Crippen LogP contribution is -2.31. The van der Waals surface area contributed by atoms with Gasteiger partial charge in [-0.3, -0.25) is 0 Å². The van der Waals surface area contributed by atoms with E-state index in [1.807, 2.05) is 50.2 Å². The maximum absolute atomic E-state index is 13.2. The van der Waals surface area contributed by atoms with Gasteiger partial charge in [0.05, 0.1) is 10.1 Å². The average molecular weight is 344 g/mol. The number of nitrogens with two attached hydrogens (primary N) is 2. The molecule has 1 saturated carbocycles. The van der Waals surface area contributed by atoms with Crippen LogP contribution in [0.2, 0.25) is 0 Å². The van der Waals surface area contributed by atoms with Crippen LogP contribution in [0.25, 0.3) is 0 Å². The third kappa shape index (κ3) is 2.57. The smallest absolute Gasteiger partial charge is 0.182 e. The van der Waals surface area contributed by atoms with Gasteiger partial charge in [0.2, 0.25) is 0 Å². The molecule has 0 bridgehead atoms. The van der Waals surface area contributed by atoms with Gasteiger partial charge in [-0.1, -0.05) is 47.5 Å².